The van der Waals surface area contributed by atoms with Gasteiger partial charge in [-0.3, -0.25) is 4.79 Å². The number of hydrogen-bond donors (Lipinski definition) is 2. The fourth-order valence-electron chi connectivity index (χ4n) is 1.56. The summed E-state index contributed by atoms with van der Waals surface area (Å²) in [4.78, 5) is 27.6. The summed E-state index contributed by atoms with van der Waals surface area (Å²) in [6, 6.07) is 8.29. The van der Waals surface area contributed by atoms with Crippen molar-refractivity contribution in [2.75, 3.05) is 6.54 Å². The van der Waals surface area contributed by atoms with Crippen LogP contribution in [-0.4, -0.2) is 28.5 Å². The summed E-state index contributed by atoms with van der Waals surface area (Å²) in [6.45, 7) is 0.477. The van der Waals surface area contributed by atoms with Crippen molar-refractivity contribution in [1.29, 1.82) is 0 Å². The van der Waals surface area contributed by atoms with Crippen LogP contribution in [0.15, 0.2) is 34.1 Å². The second-order valence-corrected chi connectivity index (χ2v) is 6.47. The normalized spacial score (nSPS) is 10.2. The SMILES string of the molecule is O=C(O)c1cccc(C(=O)NCCc2ccc(Br)s2)n1. The van der Waals surface area contributed by atoms with Crippen LogP contribution in [-0.2, 0) is 6.42 Å². The molecule has 2 rings (SSSR count). The molecule has 0 saturated heterocycles. The van der Waals surface area contributed by atoms with Crippen molar-refractivity contribution in [2.45, 2.75) is 6.42 Å². The zero-order valence-electron chi connectivity index (χ0n) is 10.3. The Morgan fingerprint density at radius 1 is 1.25 bits per heavy atom. The Kier molecular flexibility index (Phi) is 4.86. The Hall–Kier alpha value is -1.73. The first kappa shape index (κ1) is 14.7. The average Bonchev–Trinajstić information content (AvgIpc) is 2.84. The minimum Gasteiger partial charge on any atom is -0.477 e. The molecule has 0 atom stereocenters. The second kappa shape index (κ2) is 6.62. The number of amides is 1. The summed E-state index contributed by atoms with van der Waals surface area (Å²) >= 11 is 4.99. The van der Waals surface area contributed by atoms with Crippen LogP contribution in [0.5, 0.6) is 0 Å². The van der Waals surface area contributed by atoms with E-state index in [1.54, 1.807) is 11.3 Å². The number of rotatable bonds is 5. The fraction of sp³-hybridized carbons (Fsp3) is 0.154. The van der Waals surface area contributed by atoms with Gasteiger partial charge in [-0.05, 0) is 46.6 Å². The number of aromatic carboxylic acids is 1. The molecule has 0 spiro atoms. The van der Waals surface area contributed by atoms with E-state index in [2.05, 4.69) is 26.2 Å². The van der Waals surface area contributed by atoms with Gasteiger partial charge < -0.3 is 10.4 Å². The van der Waals surface area contributed by atoms with Crippen molar-refractivity contribution in [3.63, 3.8) is 0 Å². The summed E-state index contributed by atoms with van der Waals surface area (Å²) < 4.78 is 1.05. The lowest BCUT2D eigenvalue weighted by Crippen LogP contribution is -2.26. The number of pyridine rings is 1. The number of carboxylic acids is 1. The molecule has 7 heteroatoms. The zero-order chi connectivity index (χ0) is 14.5. The molecule has 0 aliphatic carbocycles. The molecule has 0 radical (unpaired) electrons. The van der Waals surface area contributed by atoms with E-state index in [0.29, 0.717) is 6.54 Å². The summed E-state index contributed by atoms with van der Waals surface area (Å²) in [7, 11) is 0. The molecule has 2 N–H and O–H groups in total. The number of carbonyl (C=O) groups excluding carboxylic acids is 1. The number of thiophene rings is 1. The molecule has 0 aliphatic rings. The smallest absolute Gasteiger partial charge is 0.354 e. The number of halogens is 1. The number of carboxylic acid groups (broad SMARTS) is 1. The molecule has 2 aromatic heterocycles. The third kappa shape index (κ3) is 3.88. The molecular weight excluding hydrogens is 344 g/mol. The van der Waals surface area contributed by atoms with Crippen LogP contribution in [0.4, 0.5) is 0 Å². The Morgan fingerprint density at radius 2 is 2.00 bits per heavy atom. The molecule has 0 bridgehead atoms. The van der Waals surface area contributed by atoms with Crippen molar-refractivity contribution >= 4 is 39.1 Å². The average molecular weight is 355 g/mol. The van der Waals surface area contributed by atoms with Gasteiger partial charge >= 0.3 is 5.97 Å². The van der Waals surface area contributed by atoms with Crippen molar-refractivity contribution in [2.24, 2.45) is 0 Å². The molecule has 1 amide bonds. The summed E-state index contributed by atoms with van der Waals surface area (Å²) in [5.41, 5.74) is -0.0305. The van der Waals surface area contributed by atoms with E-state index < -0.39 is 5.97 Å². The number of hydrogen-bond acceptors (Lipinski definition) is 4. The monoisotopic (exact) mass is 354 g/mol. The van der Waals surface area contributed by atoms with Gasteiger partial charge in [0.05, 0.1) is 3.79 Å². The molecule has 0 aromatic carbocycles. The van der Waals surface area contributed by atoms with E-state index in [0.717, 1.165) is 15.1 Å². The van der Waals surface area contributed by atoms with Gasteiger partial charge in [0.15, 0.2) is 0 Å². The van der Waals surface area contributed by atoms with Gasteiger partial charge in [-0.1, -0.05) is 6.07 Å². The van der Waals surface area contributed by atoms with Gasteiger partial charge in [0.2, 0.25) is 0 Å². The maximum absolute atomic E-state index is 11.8. The van der Waals surface area contributed by atoms with E-state index in [1.807, 2.05) is 12.1 Å². The van der Waals surface area contributed by atoms with Gasteiger partial charge in [0.1, 0.15) is 11.4 Å². The molecule has 2 heterocycles. The van der Waals surface area contributed by atoms with Crippen LogP contribution in [0.2, 0.25) is 0 Å². The highest BCUT2D eigenvalue weighted by molar-refractivity contribution is 9.11. The first-order chi connectivity index (χ1) is 9.56. The summed E-state index contributed by atoms with van der Waals surface area (Å²) in [5, 5.41) is 11.5. The standard InChI is InChI=1S/C13H11BrN2O3S/c14-11-5-4-8(20-11)6-7-15-12(17)9-2-1-3-10(16-9)13(18)19/h1-5H,6-7H2,(H,15,17)(H,18,19). The van der Waals surface area contributed by atoms with Crippen LogP contribution in [0.25, 0.3) is 0 Å². The van der Waals surface area contributed by atoms with E-state index in [1.165, 1.54) is 18.2 Å². The van der Waals surface area contributed by atoms with Crippen molar-refractivity contribution in [1.82, 2.24) is 10.3 Å². The molecule has 0 fully saturated rings. The number of carbonyl (C=O) groups is 2. The second-order valence-electron chi connectivity index (χ2n) is 3.92. The maximum atomic E-state index is 11.8. The molecule has 0 unspecified atom stereocenters. The molecule has 20 heavy (non-hydrogen) atoms. The van der Waals surface area contributed by atoms with Crippen LogP contribution >= 0.6 is 27.3 Å². The van der Waals surface area contributed by atoms with Gasteiger partial charge in [-0.2, -0.15) is 0 Å². The quantitative estimate of drug-likeness (QED) is 0.864. The van der Waals surface area contributed by atoms with E-state index in [9.17, 15) is 9.59 Å². The highest BCUT2D eigenvalue weighted by atomic mass is 79.9. The lowest BCUT2D eigenvalue weighted by Gasteiger charge is -2.04. The first-order valence-electron chi connectivity index (χ1n) is 5.79. The maximum Gasteiger partial charge on any atom is 0.354 e. The highest BCUT2D eigenvalue weighted by Crippen LogP contribution is 2.22. The molecular formula is C13H11BrN2O3S. The Morgan fingerprint density at radius 3 is 2.65 bits per heavy atom. The van der Waals surface area contributed by atoms with Gasteiger partial charge in [0.25, 0.3) is 5.91 Å². The Bertz CT molecular complexity index is 642. The zero-order valence-corrected chi connectivity index (χ0v) is 12.7. The third-order valence-electron chi connectivity index (χ3n) is 2.49. The number of aromatic nitrogens is 1. The van der Waals surface area contributed by atoms with Crippen LogP contribution in [0.3, 0.4) is 0 Å². The van der Waals surface area contributed by atoms with Crippen LogP contribution in [0.1, 0.15) is 25.9 Å². The van der Waals surface area contributed by atoms with Crippen LogP contribution in [0, 0.1) is 0 Å². The molecule has 5 nitrogen and oxygen atoms in total. The van der Waals surface area contributed by atoms with E-state index in [4.69, 9.17) is 5.11 Å². The largest absolute Gasteiger partial charge is 0.477 e. The molecule has 0 aliphatic heterocycles. The molecule has 104 valence electrons. The minimum absolute atomic E-state index is 0.109. The van der Waals surface area contributed by atoms with Gasteiger partial charge in [-0.15, -0.1) is 11.3 Å². The number of nitrogens with zero attached hydrogens (tertiary/aromatic N) is 1. The van der Waals surface area contributed by atoms with Crippen LogP contribution < -0.4 is 5.32 Å². The fourth-order valence-corrected chi connectivity index (χ4v) is 3.04. The summed E-state index contributed by atoms with van der Waals surface area (Å²) in [6.07, 6.45) is 0.723. The number of nitrogens with one attached hydrogen (secondary N) is 1. The van der Waals surface area contributed by atoms with E-state index in [-0.39, 0.29) is 17.3 Å². The predicted octanol–water partition coefficient (Wildman–Crippen LogP) is 2.58. The Balaban J connectivity index is 1.91. The van der Waals surface area contributed by atoms with Crippen molar-refractivity contribution < 1.29 is 14.7 Å². The molecule has 2 aromatic rings. The topological polar surface area (TPSA) is 79.3 Å². The third-order valence-corrected chi connectivity index (χ3v) is 4.17. The first-order valence-corrected chi connectivity index (χ1v) is 7.40. The van der Waals surface area contributed by atoms with Gasteiger partial charge in [-0.25, -0.2) is 9.78 Å². The highest BCUT2D eigenvalue weighted by Gasteiger charge is 2.10. The van der Waals surface area contributed by atoms with Crippen molar-refractivity contribution in [3.8, 4) is 0 Å². The molecule has 0 saturated carbocycles. The lowest BCUT2D eigenvalue weighted by molar-refractivity contribution is 0.0690. The summed E-state index contributed by atoms with van der Waals surface area (Å²) in [5.74, 6) is -1.52. The lowest BCUT2D eigenvalue weighted by atomic mass is 10.3. The van der Waals surface area contributed by atoms with Crippen molar-refractivity contribution in [3.05, 3.63) is 50.4 Å². The minimum atomic E-state index is -1.15. The Labute approximate surface area is 127 Å². The van der Waals surface area contributed by atoms with E-state index >= 15 is 0 Å². The van der Waals surface area contributed by atoms with Gasteiger partial charge in [0, 0.05) is 11.4 Å². The predicted molar refractivity (Wildman–Crippen MR) is 79.3 cm³/mol.